The fraction of sp³-hybridized carbons (Fsp3) is 0.267. The van der Waals surface area contributed by atoms with Gasteiger partial charge in [0.1, 0.15) is 0 Å². The maximum Gasteiger partial charge on any atom is 0.307 e. The highest BCUT2D eigenvalue weighted by Crippen LogP contribution is 2.48. The number of aliphatic hydroxyl groups is 1. The number of primary amides is 1. The van der Waals surface area contributed by atoms with Crippen LogP contribution in [0.5, 0.6) is 0 Å². The van der Waals surface area contributed by atoms with Crippen LogP contribution in [0.2, 0.25) is 0 Å². The van der Waals surface area contributed by atoms with Crippen LogP contribution in [0.4, 0.5) is 0 Å². The summed E-state index contributed by atoms with van der Waals surface area (Å²) in [7, 11) is 0. The number of oxime groups is 1. The number of benzene rings is 1. The van der Waals surface area contributed by atoms with E-state index in [1.165, 1.54) is 23.5 Å². The second-order valence-electron chi connectivity index (χ2n) is 4.97. The maximum absolute atomic E-state index is 11.2. The Kier molecular flexibility index (Phi) is 6.73. The number of carbonyl (C=O) groups excluding carboxylic acids is 1. The predicted octanol–water partition coefficient (Wildman–Crippen LogP) is 0.748. The highest BCUT2D eigenvalue weighted by molar-refractivity contribution is 8.08. The van der Waals surface area contributed by atoms with Crippen LogP contribution < -0.4 is 11.5 Å². The van der Waals surface area contributed by atoms with E-state index in [0.29, 0.717) is 4.91 Å². The van der Waals surface area contributed by atoms with Crippen LogP contribution >= 0.6 is 23.5 Å². The molecule has 0 aliphatic carbocycles. The number of carboxylic acid groups (broad SMARTS) is 1. The minimum Gasteiger partial charge on any atom is -0.481 e. The largest absolute Gasteiger partial charge is 0.481 e. The minimum absolute atomic E-state index is 0.162. The second kappa shape index (κ2) is 8.79. The number of hydrogen-bond donors (Lipinski definition) is 4. The number of amides is 1. The van der Waals surface area contributed by atoms with Crippen molar-refractivity contribution in [3.63, 3.8) is 0 Å². The number of carboxylic acids is 1. The standard InChI is InChI=1S/C15H17N3O5S2/c16-12(20)7-23-18-15(17)8(5-13(21)22)14-11(6-19)24-9-3-1-2-4-10(9)25-14/h1-4,11,19H,5-7H2,(H2,16,20)(H2,17,18)(H,21,22)/b14-8-. The molecule has 8 nitrogen and oxygen atoms in total. The summed E-state index contributed by atoms with van der Waals surface area (Å²) in [5, 5.41) is 22.1. The third-order valence-electron chi connectivity index (χ3n) is 3.10. The zero-order valence-electron chi connectivity index (χ0n) is 13.0. The fourth-order valence-corrected chi connectivity index (χ4v) is 4.66. The Hall–Kier alpha value is -2.17. The molecule has 6 N–H and O–H groups in total. The monoisotopic (exact) mass is 383 g/mol. The predicted molar refractivity (Wildman–Crippen MR) is 95.1 cm³/mol. The highest BCUT2D eigenvalue weighted by atomic mass is 32.2. The molecule has 1 atom stereocenters. The van der Waals surface area contributed by atoms with Gasteiger partial charge >= 0.3 is 5.97 Å². The topological polar surface area (TPSA) is 148 Å². The normalized spacial score (nSPS) is 19.1. The van der Waals surface area contributed by atoms with Crippen molar-refractivity contribution in [1.29, 1.82) is 0 Å². The number of nitrogens with zero attached hydrogens (tertiary/aromatic N) is 1. The summed E-state index contributed by atoms with van der Waals surface area (Å²) < 4.78 is 0. The third kappa shape index (κ3) is 5.15. The van der Waals surface area contributed by atoms with E-state index in [4.69, 9.17) is 16.3 Å². The molecule has 0 saturated heterocycles. The summed E-state index contributed by atoms with van der Waals surface area (Å²) in [6, 6.07) is 7.58. The van der Waals surface area contributed by atoms with Gasteiger partial charge in [0.2, 0.25) is 0 Å². The van der Waals surface area contributed by atoms with Gasteiger partial charge in [-0.15, -0.1) is 11.8 Å². The number of rotatable bonds is 7. The molecule has 0 fully saturated rings. The van der Waals surface area contributed by atoms with E-state index >= 15 is 0 Å². The number of aliphatic carboxylic acids is 1. The first-order chi connectivity index (χ1) is 11.9. The molecule has 0 saturated carbocycles. The SMILES string of the molecule is NC(=O)CO/N=C(N)/C(CC(=O)O)=C1\Sc2ccccc2SC1CO. The molecule has 1 heterocycles. The van der Waals surface area contributed by atoms with Crippen LogP contribution in [0.1, 0.15) is 6.42 Å². The molecule has 2 rings (SSSR count). The molecule has 10 heteroatoms. The lowest BCUT2D eigenvalue weighted by molar-refractivity contribution is -0.136. The first-order valence-corrected chi connectivity index (χ1v) is 8.85. The number of fused-ring (bicyclic) bond motifs is 1. The lowest BCUT2D eigenvalue weighted by Crippen LogP contribution is -2.25. The Labute approximate surface area is 152 Å². The summed E-state index contributed by atoms with van der Waals surface area (Å²) >= 11 is 2.75. The quantitative estimate of drug-likeness (QED) is 0.306. The van der Waals surface area contributed by atoms with Gasteiger partial charge in [-0.25, -0.2) is 0 Å². The van der Waals surface area contributed by atoms with Gasteiger partial charge in [0, 0.05) is 20.3 Å². The second-order valence-corrected chi connectivity index (χ2v) is 7.30. The fourth-order valence-electron chi connectivity index (χ4n) is 2.07. The van der Waals surface area contributed by atoms with Gasteiger partial charge in [-0.3, -0.25) is 9.59 Å². The molecule has 1 aliphatic heterocycles. The summed E-state index contributed by atoms with van der Waals surface area (Å²) in [4.78, 5) is 29.2. The first-order valence-electron chi connectivity index (χ1n) is 7.15. The number of amidine groups is 1. The van der Waals surface area contributed by atoms with E-state index in [9.17, 15) is 19.8 Å². The van der Waals surface area contributed by atoms with Crippen molar-refractivity contribution in [2.75, 3.05) is 13.2 Å². The van der Waals surface area contributed by atoms with Gasteiger partial charge in [0.05, 0.1) is 18.3 Å². The lowest BCUT2D eigenvalue weighted by Gasteiger charge is -2.27. The highest BCUT2D eigenvalue weighted by Gasteiger charge is 2.29. The summed E-state index contributed by atoms with van der Waals surface area (Å²) in [6.07, 6.45) is -0.392. The zero-order chi connectivity index (χ0) is 18.4. The van der Waals surface area contributed by atoms with Gasteiger partial charge in [-0.05, 0) is 12.1 Å². The number of nitrogens with two attached hydrogens (primary N) is 2. The summed E-state index contributed by atoms with van der Waals surface area (Å²) in [5.41, 5.74) is 11.1. The third-order valence-corrected chi connectivity index (χ3v) is 5.99. The van der Waals surface area contributed by atoms with Crippen molar-refractivity contribution in [1.82, 2.24) is 0 Å². The number of aliphatic hydroxyl groups excluding tert-OH is 1. The van der Waals surface area contributed by atoms with Crippen LogP contribution in [0, 0.1) is 0 Å². The number of thioether (sulfide) groups is 2. The van der Waals surface area contributed by atoms with E-state index in [1.54, 1.807) is 0 Å². The molecule has 1 unspecified atom stereocenters. The van der Waals surface area contributed by atoms with E-state index < -0.39 is 24.9 Å². The molecule has 25 heavy (non-hydrogen) atoms. The Bertz CT molecular complexity index is 736. The van der Waals surface area contributed by atoms with Crippen LogP contribution in [0.3, 0.4) is 0 Å². The average molecular weight is 383 g/mol. The van der Waals surface area contributed by atoms with Crippen LogP contribution in [-0.2, 0) is 14.4 Å². The van der Waals surface area contributed by atoms with Crippen molar-refractivity contribution in [3.8, 4) is 0 Å². The zero-order valence-corrected chi connectivity index (χ0v) is 14.7. The maximum atomic E-state index is 11.2. The van der Waals surface area contributed by atoms with Gasteiger partial charge < -0.3 is 26.5 Å². The van der Waals surface area contributed by atoms with E-state index in [0.717, 1.165) is 9.79 Å². The molecular formula is C15H17N3O5S2. The van der Waals surface area contributed by atoms with Crippen molar-refractivity contribution >= 4 is 41.2 Å². The Morgan fingerprint density at radius 2 is 1.92 bits per heavy atom. The van der Waals surface area contributed by atoms with Crippen molar-refractivity contribution in [2.24, 2.45) is 16.6 Å². The molecule has 0 aromatic heterocycles. The summed E-state index contributed by atoms with van der Waals surface area (Å²) in [5.74, 6) is -1.99. The van der Waals surface area contributed by atoms with Crippen LogP contribution in [0.25, 0.3) is 0 Å². The smallest absolute Gasteiger partial charge is 0.307 e. The molecule has 0 spiro atoms. The number of hydrogen-bond acceptors (Lipinski definition) is 7. The van der Waals surface area contributed by atoms with Crippen molar-refractivity contribution < 1.29 is 24.6 Å². The number of carbonyl (C=O) groups is 2. The Balaban J connectivity index is 2.41. The van der Waals surface area contributed by atoms with Crippen molar-refractivity contribution in [2.45, 2.75) is 21.5 Å². The van der Waals surface area contributed by atoms with Gasteiger partial charge in [0.25, 0.3) is 5.91 Å². The average Bonchev–Trinajstić information content (AvgIpc) is 2.57. The molecule has 0 radical (unpaired) electrons. The van der Waals surface area contributed by atoms with E-state index in [2.05, 4.69) is 5.16 Å². The van der Waals surface area contributed by atoms with Crippen LogP contribution in [-0.4, -0.2) is 46.4 Å². The minimum atomic E-state index is -1.10. The Morgan fingerprint density at radius 1 is 1.24 bits per heavy atom. The van der Waals surface area contributed by atoms with E-state index in [-0.39, 0.29) is 23.3 Å². The molecular weight excluding hydrogens is 366 g/mol. The molecule has 1 amide bonds. The van der Waals surface area contributed by atoms with Gasteiger partial charge in [0.15, 0.2) is 12.4 Å². The van der Waals surface area contributed by atoms with E-state index in [1.807, 2.05) is 24.3 Å². The molecule has 1 aromatic carbocycles. The van der Waals surface area contributed by atoms with Gasteiger partial charge in [-0.1, -0.05) is 29.1 Å². The summed E-state index contributed by atoms with van der Waals surface area (Å²) in [6.45, 7) is -0.662. The van der Waals surface area contributed by atoms with Gasteiger partial charge in [-0.2, -0.15) is 0 Å². The van der Waals surface area contributed by atoms with Crippen molar-refractivity contribution in [3.05, 3.63) is 34.7 Å². The molecule has 1 aromatic rings. The molecule has 1 aliphatic rings. The lowest BCUT2D eigenvalue weighted by atomic mass is 10.1. The Morgan fingerprint density at radius 3 is 2.52 bits per heavy atom. The molecule has 0 bridgehead atoms. The molecule has 134 valence electrons. The first kappa shape index (κ1) is 19.2. The van der Waals surface area contributed by atoms with Crippen LogP contribution in [0.15, 0.2) is 49.7 Å².